The third kappa shape index (κ3) is 3.35. The molecule has 3 rings (SSSR count). The first kappa shape index (κ1) is 15.6. The average Bonchev–Trinajstić information content (AvgIpc) is 3.07. The van der Waals surface area contributed by atoms with Crippen molar-refractivity contribution in [3.05, 3.63) is 60.7 Å². The van der Waals surface area contributed by atoms with Crippen LogP contribution in [0, 0.1) is 11.8 Å². The van der Waals surface area contributed by atoms with Crippen molar-refractivity contribution in [1.82, 2.24) is 4.90 Å². The molecule has 0 radical (unpaired) electrons. The molecular weight excluding hydrogens is 266 g/mol. The Kier molecular flexibility index (Phi) is 5.15. The Morgan fingerprint density at radius 3 is 2.55 bits per heavy atom. The van der Waals surface area contributed by atoms with Crippen LogP contribution in [0.1, 0.15) is 44.6 Å². The summed E-state index contributed by atoms with van der Waals surface area (Å²) < 4.78 is 0. The topological polar surface area (TPSA) is 3.24 Å². The average molecular weight is 295 g/mol. The largest absolute Gasteiger partial charge is 0.289 e. The molecule has 1 aromatic carbocycles. The normalized spacial score (nSPS) is 29.8. The summed E-state index contributed by atoms with van der Waals surface area (Å²) in [6.45, 7) is 7.42. The molecule has 1 heterocycles. The van der Waals surface area contributed by atoms with Gasteiger partial charge < -0.3 is 0 Å². The highest BCUT2D eigenvalue weighted by molar-refractivity contribution is 5.17. The van der Waals surface area contributed by atoms with Gasteiger partial charge in [-0.3, -0.25) is 4.90 Å². The van der Waals surface area contributed by atoms with Gasteiger partial charge in [0.2, 0.25) is 0 Å². The lowest BCUT2D eigenvalue weighted by atomic mass is 9.84. The molecule has 1 aliphatic carbocycles. The molecule has 0 spiro atoms. The monoisotopic (exact) mass is 295 g/mol. The van der Waals surface area contributed by atoms with Crippen LogP contribution in [0.25, 0.3) is 0 Å². The van der Waals surface area contributed by atoms with E-state index in [2.05, 4.69) is 67.0 Å². The zero-order chi connectivity index (χ0) is 15.4. The van der Waals surface area contributed by atoms with Gasteiger partial charge in [0.05, 0.1) is 0 Å². The second-order valence-corrected chi connectivity index (χ2v) is 7.01. The van der Waals surface area contributed by atoms with Gasteiger partial charge in [0.25, 0.3) is 0 Å². The first-order chi connectivity index (χ1) is 10.8. The van der Waals surface area contributed by atoms with Crippen molar-refractivity contribution in [3.63, 3.8) is 0 Å². The number of hydrogen-bond donors (Lipinski definition) is 0. The summed E-state index contributed by atoms with van der Waals surface area (Å²) in [6, 6.07) is 12.2. The third-order valence-corrected chi connectivity index (χ3v) is 5.61. The lowest BCUT2D eigenvalue weighted by Gasteiger charge is -2.44. The minimum absolute atomic E-state index is 0.591. The van der Waals surface area contributed by atoms with E-state index in [9.17, 15) is 0 Å². The summed E-state index contributed by atoms with van der Waals surface area (Å²) in [4.78, 5) is 2.75. The summed E-state index contributed by atoms with van der Waals surface area (Å²) >= 11 is 0. The minimum Gasteiger partial charge on any atom is -0.289 e. The fourth-order valence-electron chi connectivity index (χ4n) is 4.28. The predicted octanol–water partition coefficient (Wildman–Crippen LogP) is 5.20. The van der Waals surface area contributed by atoms with Crippen molar-refractivity contribution < 1.29 is 0 Å². The van der Waals surface area contributed by atoms with E-state index in [4.69, 9.17) is 0 Å². The van der Waals surface area contributed by atoms with Crippen molar-refractivity contribution in [2.75, 3.05) is 0 Å². The number of hydrogen-bond acceptors (Lipinski definition) is 1. The predicted molar refractivity (Wildman–Crippen MR) is 94.6 cm³/mol. The van der Waals surface area contributed by atoms with E-state index in [1.165, 1.54) is 31.2 Å². The van der Waals surface area contributed by atoms with Gasteiger partial charge in [0.1, 0.15) is 0 Å². The van der Waals surface area contributed by atoms with Crippen molar-refractivity contribution in [2.45, 2.75) is 57.7 Å². The smallest absolute Gasteiger partial charge is 0.0313 e. The third-order valence-electron chi connectivity index (χ3n) is 5.61. The van der Waals surface area contributed by atoms with Crippen LogP contribution in [0.3, 0.4) is 0 Å². The van der Waals surface area contributed by atoms with Crippen LogP contribution in [0.15, 0.2) is 55.1 Å². The van der Waals surface area contributed by atoms with Gasteiger partial charge in [0, 0.05) is 18.6 Å². The summed E-state index contributed by atoms with van der Waals surface area (Å²) in [7, 11) is 0. The molecule has 1 aliphatic heterocycles. The van der Waals surface area contributed by atoms with Crippen LogP contribution in [0.5, 0.6) is 0 Å². The Labute approximate surface area is 135 Å². The van der Waals surface area contributed by atoms with Gasteiger partial charge in [-0.2, -0.15) is 0 Å². The number of benzene rings is 1. The van der Waals surface area contributed by atoms with E-state index in [0.717, 1.165) is 18.9 Å². The van der Waals surface area contributed by atoms with Crippen LogP contribution in [-0.4, -0.2) is 17.0 Å². The Morgan fingerprint density at radius 1 is 1.14 bits per heavy atom. The second-order valence-electron chi connectivity index (χ2n) is 7.01. The van der Waals surface area contributed by atoms with Crippen molar-refractivity contribution >= 4 is 0 Å². The van der Waals surface area contributed by atoms with Crippen LogP contribution in [0.4, 0.5) is 0 Å². The van der Waals surface area contributed by atoms with E-state index < -0.39 is 0 Å². The molecule has 0 unspecified atom stereocenters. The zero-order valence-electron chi connectivity index (χ0n) is 13.8. The van der Waals surface area contributed by atoms with Gasteiger partial charge in [-0.1, -0.05) is 61.4 Å². The van der Waals surface area contributed by atoms with Crippen LogP contribution in [-0.2, 0) is 6.54 Å². The van der Waals surface area contributed by atoms with E-state index in [1.54, 1.807) is 0 Å². The highest BCUT2D eigenvalue weighted by Crippen LogP contribution is 2.37. The van der Waals surface area contributed by atoms with Gasteiger partial charge in [-0.25, -0.2) is 0 Å². The molecule has 0 aromatic heterocycles. The van der Waals surface area contributed by atoms with E-state index >= 15 is 0 Å². The van der Waals surface area contributed by atoms with Gasteiger partial charge in [0.15, 0.2) is 0 Å². The van der Waals surface area contributed by atoms with Gasteiger partial charge in [-0.05, 0) is 43.6 Å². The maximum Gasteiger partial charge on any atom is 0.0313 e. The molecule has 0 saturated heterocycles. The summed E-state index contributed by atoms with van der Waals surface area (Å²) in [5.74, 6) is 1.46. The summed E-state index contributed by atoms with van der Waals surface area (Å²) in [5.41, 5.74) is 1.44. The van der Waals surface area contributed by atoms with Crippen molar-refractivity contribution in [3.8, 4) is 0 Å². The van der Waals surface area contributed by atoms with Crippen molar-refractivity contribution in [2.24, 2.45) is 11.8 Å². The molecule has 1 heteroatoms. The van der Waals surface area contributed by atoms with E-state index in [1.807, 2.05) is 0 Å². The molecule has 0 bridgehead atoms. The molecule has 3 atom stereocenters. The highest BCUT2D eigenvalue weighted by Gasteiger charge is 2.35. The second kappa shape index (κ2) is 7.28. The van der Waals surface area contributed by atoms with E-state index in [0.29, 0.717) is 18.0 Å². The molecule has 1 aromatic rings. The van der Waals surface area contributed by atoms with Crippen LogP contribution < -0.4 is 0 Å². The Balaban J connectivity index is 1.82. The number of nitrogens with zero attached hydrogens (tertiary/aromatic N) is 1. The molecule has 1 fully saturated rings. The molecule has 22 heavy (non-hydrogen) atoms. The summed E-state index contributed by atoms with van der Waals surface area (Å²) in [6.07, 6.45) is 13.8. The summed E-state index contributed by atoms with van der Waals surface area (Å²) in [5, 5.41) is 0. The first-order valence-corrected chi connectivity index (χ1v) is 8.88. The molecular formula is C21H29N. The minimum atomic E-state index is 0.591. The maximum absolute atomic E-state index is 3.94. The Bertz CT molecular complexity index is 498. The molecule has 0 N–H and O–H groups in total. The van der Waals surface area contributed by atoms with Crippen LogP contribution in [0.2, 0.25) is 0 Å². The Morgan fingerprint density at radius 2 is 1.86 bits per heavy atom. The quantitative estimate of drug-likeness (QED) is 0.675. The van der Waals surface area contributed by atoms with E-state index in [-0.39, 0.29) is 0 Å². The molecule has 1 nitrogen and oxygen atoms in total. The maximum atomic E-state index is 3.94. The standard InChI is InChI=1S/C21H29N/c1-3-9-19-14-15-21(20-12-7-8-13-20)22(17(19)2)16-18-10-5-4-6-11-18/h3-6,10-11,14-15,17,19-21H,1,7-9,12-13,16H2,2H3/t17-,19+,21-/m0/s1. The number of allylic oxidation sites excluding steroid dienone is 1. The van der Waals surface area contributed by atoms with Crippen molar-refractivity contribution in [1.29, 1.82) is 0 Å². The fourth-order valence-corrected chi connectivity index (χ4v) is 4.28. The number of rotatable bonds is 5. The first-order valence-electron chi connectivity index (χ1n) is 8.88. The zero-order valence-corrected chi connectivity index (χ0v) is 13.8. The lowest BCUT2D eigenvalue weighted by Crippen LogP contribution is -2.49. The van der Waals surface area contributed by atoms with Gasteiger partial charge in [-0.15, -0.1) is 6.58 Å². The molecule has 2 aliphatic rings. The Hall–Kier alpha value is -1.34. The van der Waals surface area contributed by atoms with Crippen LogP contribution >= 0.6 is 0 Å². The highest BCUT2D eigenvalue weighted by atomic mass is 15.2. The lowest BCUT2D eigenvalue weighted by molar-refractivity contribution is 0.0855. The van der Waals surface area contributed by atoms with Gasteiger partial charge >= 0.3 is 0 Å². The molecule has 118 valence electrons. The molecule has 0 amide bonds. The fraction of sp³-hybridized carbons (Fsp3) is 0.524. The molecule has 1 saturated carbocycles. The SMILES string of the molecule is C=CC[C@@H]1C=C[C@@H](C2CCCC2)N(Cc2ccccc2)[C@H]1C.